The van der Waals surface area contributed by atoms with Crippen LogP contribution >= 0.6 is 0 Å². The number of carbonyl (C=O) groups is 1. The van der Waals surface area contributed by atoms with Crippen molar-refractivity contribution in [2.45, 2.75) is 40.0 Å². The van der Waals surface area contributed by atoms with Gasteiger partial charge in [0.2, 0.25) is 0 Å². The minimum absolute atomic E-state index is 0.532. The number of nitrogens with zero attached hydrogens (tertiary/aromatic N) is 1. The molecular formula is C9H18N2O2. The Morgan fingerprint density at radius 1 is 1.62 bits per heavy atom. The Hall–Kier alpha value is -1.24. The third-order valence-electron chi connectivity index (χ3n) is 1.73. The van der Waals surface area contributed by atoms with Gasteiger partial charge in [-0.15, -0.1) is 0 Å². The Labute approximate surface area is 79.4 Å². The van der Waals surface area contributed by atoms with Crippen LogP contribution in [0.2, 0.25) is 0 Å². The molecule has 0 atom stereocenters. The molecule has 0 saturated carbocycles. The van der Waals surface area contributed by atoms with E-state index >= 15 is 0 Å². The van der Waals surface area contributed by atoms with Crippen LogP contribution in [0.15, 0.2) is 0 Å². The molecule has 4 heteroatoms. The summed E-state index contributed by atoms with van der Waals surface area (Å²) in [5, 5.41) is 15.8. The van der Waals surface area contributed by atoms with E-state index in [1.54, 1.807) is 13.8 Å². The maximum Gasteiger partial charge on any atom is 0.309 e. The van der Waals surface area contributed by atoms with Crippen molar-refractivity contribution in [2.75, 3.05) is 0 Å². The Bertz CT molecular complexity index is 183. The smallest absolute Gasteiger partial charge is 0.309 e. The maximum atomic E-state index is 10.5. The van der Waals surface area contributed by atoms with Gasteiger partial charge in [-0.2, -0.15) is 5.26 Å². The van der Waals surface area contributed by atoms with Gasteiger partial charge in [0.25, 0.3) is 0 Å². The third kappa shape index (κ3) is 8.67. The fourth-order valence-corrected chi connectivity index (χ4v) is 0.726. The molecule has 0 aromatic heterocycles. The van der Waals surface area contributed by atoms with Crippen molar-refractivity contribution in [2.24, 2.45) is 11.1 Å². The van der Waals surface area contributed by atoms with E-state index in [2.05, 4.69) is 12.7 Å². The number of unbranched alkanes of at least 4 members (excludes halogenated alkanes) is 1. The lowest BCUT2D eigenvalue weighted by Gasteiger charge is -2.17. The molecule has 0 amide bonds. The molecule has 0 bridgehead atoms. The summed E-state index contributed by atoms with van der Waals surface area (Å²) in [6.45, 7) is 5.61. The Balaban J connectivity index is 0. The lowest BCUT2D eigenvalue weighted by Crippen LogP contribution is -2.23. The Morgan fingerprint density at radius 2 is 2.00 bits per heavy atom. The molecule has 0 unspecified atom stereocenters. The summed E-state index contributed by atoms with van der Waals surface area (Å²) in [6.07, 6.45) is 4.09. The minimum atomic E-state index is -0.694. The first-order valence-corrected chi connectivity index (χ1v) is 4.25. The molecule has 13 heavy (non-hydrogen) atoms. The molecule has 76 valence electrons. The van der Waals surface area contributed by atoms with E-state index in [9.17, 15) is 4.79 Å². The van der Waals surface area contributed by atoms with Crippen molar-refractivity contribution in [3.63, 3.8) is 0 Å². The van der Waals surface area contributed by atoms with E-state index < -0.39 is 11.4 Å². The molecule has 0 aliphatic rings. The average Bonchev–Trinajstić information content (AvgIpc) is 2.02. The molecular weight excluding hydrogens is 168 g/mol. The van der Waals surface area contributed by atoms with E-state index in [0.717, 1.165) is 19.3 Å². The highest BCUT2D eigenvalue weighted by Gasteiger charge is 2.25. The van der Waals surface area contributed by atoms with Crippen molar-refractivity contribution in [3.8, 4) is 6.19 Å². The first-order valence-electron chi connectivity index (χ1n) is 4.25. The van der Waals surface area contributed by atoms with Gasteiger partial charge in [0.05, 0.1) is 5.41 Å². The number of hydrogen-bond acceptors (Lipinski definition) is 3. The summed E-state index contributed by atoms with van der Waals surface area (Å²) < 4.78 is 0. The fraction of sp³-hybridized carbons (Fsp3) is 0.778. The summed E-state index contributed by atoms with van der Waals surface area (Å²) in [5.41, 5.74) is 3.62. The number of nitriles is 1. The van der Waals surface area contributed by atoms with E-state index in [0.29, 0.717) is 0 Å². The SMILES string of the molecule is CCCCC(C)(C)C(=O)O.N#CN. The van der Waals surface area contributed by atoms with Crippen LogP contribution in [-0.2, 0) is 4.79 Å². The second-order valence-corrected chi connectivity index (χ2v) is 3.42. The number of aliphatic carboxylic acids is 1. The molecule has 3 N–H and O–H groups in total. The quantitative estimate of drug-likeness (QED) is 0.517. The summed E-state index contributed by atoms with van der Waals surface area (Å²) >= 11 is 0. The van der Waals surface area contributed by atoms with Crippen molar-refractivity contribution in [1.29, 1.82) is 5.26 Å². The van der Waals surface area contributed by atoms with Crippen LogP contribution in [0.4, 0.5) is 0 Å². The minimum Gasteiger partial charge on any atom is -0.481 e. The molecule has 4 nitrogen and oxygen atoms in total. The summed E-state index contributed by atoms with van der Waals surface area (Å²) in [4.78, 5) is 10.5. The average molecular weight is 186 g/mol. The van der Waals surface area contributed by atoms with Gasteiger partial charge < -0.3 is 10.8 Å². The van der Waals surface area contributed by atoms with Gasteiger partial charge in [-0.1, -0.05) is 19.8 Å². The van der Waals surface area contributed by atoms with Crippen LogP contribution in [0.1, 0.15) is 40.0 Å². The van der Waals surface area contributed by atoms with Gasteiger partial charge in [-0.05, 0) is 20.3 Å². The van der Waals surface area contributed by atoms with Crippen LogP contribution in [0.3, 0.4) is 0 Å². The largest absolute Gasteiger partial charge is 0.481 e. The predicted molar refractivity (Wildman–Crippen MR) is 50.7 cm³/mol. The standard InChI is InChI=1S/C8H16O2.CH2N2/c1-4-5-6-8(2,3)7(9)10;2-1-3/h4-6H2,1-3H3,(H,9,10);2H2. The Morgan fingerprint density at radius 3 is 2.23 bits per heavy atom. The van der Waals surface area contributed by atoms with Crippen molar-refractivity contribution < 1.29 is 9.90 Å². The molecule has 0 rings (SSSR count). The first kappa shape index (κ1) is 14.3. The fourth-order valence-electron chi connectivity index (χ4n) is 0.726. The van der Waals surface area contributed by atoms with Crippen molar-refractivity contribution in [3.05, 3.63) is 0 Å². The van der Waals surface area contributed by atoms with Gasteiger partial charge >= 0.3 is 5.97 Å². The third-order valence-corrected chi connectivity index (χ3v) is 1.73. The van der Waals surface area contributed by atoms with Crippen LogP contribution < -0.4 is 5.73 Å². The lowest BCUT2D eigenvalue weighted by atomic mass is 9.88. The summed E-state index contributed by atoms with van der Waals surface area (Å²) in [7, 11) is 0. The molecule has 0 radical (unpaired) electrons. The van der Waals surface area contributed by atoms with Gasteiger partial charge in [-0.3, -0.25) is 4.79 Å². The highest BCUT2D eigenvalue weighted by molar-refractivity contribution is 5.73. The number of carboxylic acids is 1. The molecule has 0 aliphatic carbocycles. The van der Waals surface area contributed by atoms with Gasteiger partial charge in [0.1, 0.15) is 0 Å². The molecule has 0 saturated heterocycles. The van der Waals surface area contributed by atoms with Gasteiger partial charge in [-0.25, -0.2) is 0 Å². The number of rotatable bonds is 4. The van der Waals surface area contributed by atoms with Gasteiger partial charge in [0.15, 0.2) is 6.19 Å². The predicted octanol–water partition coefficient (Wildman–Crippen LogP) is 1.71. The second-order valence-electron chi connectivity index (χ2n) is 3.42. The van der Waals surface area contributed by atoms with E-state index in [-0.39, 0.29) is 0 Å². The van der Waals surface area contributed by atoms with Crippen LogP contribution in [0, 0.1) is 16.9 Å². The number of nitrogens with two attached hydrogens (primary N) is 1. The monoisotopic (exact) mass is 186 g/mol. The van der Waals surface area contributed by atoms with Crippen molar-refractivity contribution in [1.82, 2.24) is 0 Å². The Kier molecular flexibility index (Phi) is 8.15. The molecule has 0 fully saturated rings. The molecule has 0 aromatic rings. The molecule has 0 spiro atoms. The summed E-state index contributed by atoms with van der Waals surface area (Å²) in [6, 6.07) is 0. The zero-order valence-electron chi connectivity index (χ0n) is 8.50. The van der Waals surface area contributed by atoms with Crippen LogP contribution in [-0.4, -0.2) is 11.1 Å². The maximum absolute atomic E-state index is 10.5. The number of carboxylic acid groups (broad SMARTS) is 1. The topological polar surface area (TPSA) is 87.1 Å². The van der Waals surface area contributed by atoms with Gasteiger partial charge in [0, 0.05) is 0 Å². The number of hydrogen-bond donors (Lipinski definition) is 2. The molecule has 0 aromatic carbocycles. The van der Waals surface area contributed by atoms with E-state index in [4.69, 9.17) is 10.4 Å². The van der Waals surface area contributed by atoms with Crippen molar-refractivity contribution >= 4 is 5.97 Å². The zero-order valence-corrected chi connectivity index (χ0v) is 8.50. The normalized spacial score (nSPS) is 9.38. The molecule has 0 heterocycles. The summed E-state index contributed by atoms with van der Waals surface area (Å²) in [5.74, 6) is -0.694. The highest BCUT2D eigenvalue weighted by Crippen LogP contribution is 2.22. The van der Waals surface area contributed by atoms with E-state index in [1.165, 1.54) is 6.19 Å². The first-order chi connectivity index (χ1) is 5.92. The lowest BCUT2D eigenvalue weighted by molar-refractivity contribution is -0.147. The van der Waals surface area contributed by atoms with Crippen LogP contribution in [0.25, 0.3) is 0 Å². The van der Waals surface area contributed by atoms with Crippen LogP contribution in [0.5, 0.6) is 0 Å². The van der Waals surface area contributed by atoms with E-state index in [1.807, 2.05) is 0 Å². The molecule has 0 aliphatic heterocycles. The second kappa shape index (κ2) is 7.41. The zero-order chi connectivity index (χ0) is 10.9. The highest BCUT2D eigenvalue weighted by atomic mass is 16.4.